The Morgan fingerprint density at radius 2 is 1.31 bits per heavy atom. The van der Waals surface area contributed by atoms with Crippen molar-refractivity contribution in [2.24, 2.45) is 10.2 Å². The molecule has 2 aromatic heterocycles. The van der Waals surface area contributed by atoms with Gasteiger partial charge in [0.1, 0.15) is 0 Å². The van der Waals surface area contributed by atoms with Crippen LogP contribution in [0.5, 0.6) is 0 Å². The molecular formula is C12H12N2S2. The minimum Gasteiger partial charge on any atom is -0.158 e. The Bertz CT molecular complexity index is 472. The van der Waals surface area contributed by atoms with Crippen LogP contribution < -0.4 is 0 Å². The molecule has 2 aromatic rings. The predicted octanol–water partition coefficient (Wildman–Crippen LogP) is 3.88. The number of hydrogen-bond acceptors (Lipinski definition) is 4. The van der Waals surface area contributed by atoms with E-state index in [0.717, 1.165) is 0 Å². The van der Waals surface area contributed by atoms with Crippen LogP contribution >= 0.6 is 22.7 Å². The van der Waals surface area contributed by atoms with Gasteiger partial charge in [-0.05, 0) is 47.9 Å². The van der Waals surface area contributed by atoms with Crippen LogP contribution in [-0.4, -0.2) is 12.4 Å². The van der Waals surface area contributed by atoms with Gasteiger partial charge in [0.25, 0.3) is 0 Å². The smallest absolute Gasteiger partial charge is 0.0670 e. The van der Waals surface area contributed by atoms with Crippen molar-refractivity contribution in [2.75, 3.05) is 0 Å². The van der Waals surface area contributed by atoms with Crippen LogP contribution in [0.3, 0.4) is 0 Å². The van der Waals surface area contributed by atoms with Crippen LogP contribution in [0.2, 0.25) is 0 Å². The summed E-state index contributed by atoms with van der Waals surface area (Å²) in [5, 5.41) is 12.2. The molecule has 82 valence electrons. The molecular weight excluding hydrogens is 236 g/mol. The second-order valence-corrected chi connectivity index (χ2v) is 5.32. The van der Waals surface area contributed by atoms with Crippen molar-refractivity contribution in [1.82, 2.24) is 0 Å². The molecule has 0 aromatic carbocycles. The summed E-state index contributed by atoms with van der Waals surface area (Å²) in [6, 6.07) is 4.16. The highest BCUT2D eigenvalue weighted by Crippen LogP contribution is 2.13. The summed E-state index contributed by atoms with van der Waals surface area (Å²) in [6.45, 7) is 4.15. The molecule has 0 saturated heterocycles. The van der Waals surface area contributed by atoms with Crippen LogP contribution in [0.25, 0.3) is 0 Å². The van der Waals surface area contributed by atoms with E-state index in [-0.39, 0.29) is 0 Å². The first kappa shape index (κ1) is 11.2. The first-order chi connectivity index (χ1) is 7.77. The number of rotatable bonds is 3. The molecule has 2 nitrogen and oxygen atoms in total. The third kappa shape index (κ3) is 2.65. The van der Waals surface area contributed by atoms with Crippen LogP contribution in [0.1, 0.15) is 20.9 Å². The van der Waals surface area contributed by atoms with Gasteiger partial charge in [-0.1, -0.05) is 0 Å². The number of thiophene rings is 2. The zero-order valence-electron chi connectivity index (χ0n) is 9.18. The molecule has 0 N–H and O–H groups in total. The van der Waals surface area contributed by atoms with Crippen molar-refractivity contribution in [2.45, 2.75) is 13.8 Å². The fourth-order valence-electron chi connectivity index (χ4n) is 1.20. The zero-order chi connectivity index (χ0) is 11.4. The van der Waals surface area contributed by atoms with Crippen LogP contribution in [0, 0.1) is 13.8 Å². The minimum absolute atomic E-state index is 1.17. The first-order valence-electron chi connectivity index (χ1n) is 4.92. The number of hydrogen-bond donors (Lipinski definition) is 0. The van der Waals surface area contributed by atoms with Crippen LogP contribution in [0.15, 0.2) is 33.1 Å². The molecule has 0 bridgehead atoms. The normalized spacial score (nSPS) is 11.9. The average molecular weight is 248 g/mol. The Morgan fingerprint density at radius 1 is 0.875 bits per heavy atom. The average Bonchev–Trinajstić information content (AvgIpc) is 2.84. The summed E-state index contributed by atoms with van der Waals surface area (Å²) in [4.78, 5) is 2.33. The van der Waals surface area contributed by atoms with E-state index in [1.54, 1.807) is 35.1 Å². The van der Waals surface area contributed by atoms with E-state index in [4.69, 9.17) is 0 Å². The maximum Gasteiger partial charge on any atom is 0.0670 e. The summed E-state index contributed by atoms with van der Waals surface area (Å²) in [5.41, 5.74) is 2.49. The van der Waals surface area contributed by atoms with Crippen molar-refractivity contribution in [3.8, 4) is 0 Å². The van der Waals surface area contributed by atoms with Gasteiger partial charge >= 0.3 is 0 Å². The quantitative estimate of drug-likeness (QED) is 0.582. The summed E-state index contributed by atoms with van der Waals surface area (Å²) in [6.07, 6.45) is 3.61. The standard InChI is InChI=1S/C12H12N2S2/c1-9-3-5-15-11(9)7-13-14-8-12-10(2)4-6-16-12/h3-8H,1-2H3/b13-7-,14-8+. The molecule has 0 fully saturated rings. The van der Waals surface area contributed by atoms with E-state index in [2.05, 4.69) is 46.9 Å². The van der Waals surface area contributed by atoms with E-state index in [0.29, 0.717) is 0 Å². The van der Waals surface area contributed by atoms with E-state index in [1.165, 1.54) is 20.9 Å². The van der Waals surface area contributed by atoms with E-state index < -0.39 is 0 Å². The Kier molecular flexibility index (Phi) is 3.64. The highest BCUT2D eigenvalue weighted by atomic mass is 32.1. The Labute approximate surface area is 103 Å². The van der Waals surface area contributed by atoms with Gasteiger partial charge in [-0.3, -0.25) is 0 Å². The largest absolute Gasteiger partial charge is 0.158 e. The molecule has 0 aliphatic heterocycles. The molecule has 2 heterocycles. The second kappa shape index (κ2) is 5.18. The van der Waals surface area contributed by atoms with Crippen molar-refractivity contribution < 1.29 is 0 Å². The lowest BCUT2D eigenvalue weighted by molar-refractivity contribution is 1.27. The van der Waals surface area contributed by atoms with Crippen molar-refractivity contribution in [3.63, 3.8) is 0 Å². The Balaban J connectivity index is 2.03. The molecule has 16 heavy (non-hydrogen) atoms. The molecule has 0 amide bonds. The fourth-order valence-corrected chi connectivity index (χ4v) is 2.77. The van der Waals surface area contributed by atoms with Crippen molar-refractivity contribution >= 4 is 35.1 Å². The SMILES string of the molecule is Cc1ccsc1/C=N\N=C\c1sccc1C. The monoisotopic (exact) mass is 248 g/mol. The topological polar surface area (TPSA) is 24.7 Å². The van der Waals surface area contributed by atoms with Crippen molar-refractivity contribution in [3.05, 3.63) is 43.8 Å². The second-order valence-electron chi connectivity index (χ2n) is 3.42. The lowest BCUT2D eigenvalue weighted by atomic mass is 10.3. The van der Waals surface area contributed by atoms with E-state index >= 15 is 0 Å². The van der Waals surface area contributed by atoms with Gasteiger partial charge in [0, 0.05) is 0 Å². The molecule has 0 atom stereocenters. The zero-order valence-corrected chi connectivity index (χ0v) is 10.8. The first-order valence-corrected chi connectivity index (χ1v) is 6.68. The third-order valence-corrected chi connectivity index (χ3v) is 4.13. The highest BCUT2D eigenvalue weighted by Gasteiger charge is 1.95. The molecule has 0 unspecified atom stereocenters. The third-order valence-electron chi connectivity index (χ3n) is 2.22. The maximum absolute atomic E-state index is 4.05. The maximum atomic E-state index is 4.05. The molecule has 4 heteroatoms. The highest BCUT2D eigenvalue weighted by molar-refractivity contribution is 7.12. The Hall–Kier alpha value is -1.26. The lowest BCUT2D eigenvalue weighted by Gasteiger charge is -1.87. The van der Waals surface area contributed by atoms with Gasteiger partial charge in [0.15, 0.2) is 0 Å². The molecule has 0 spiro atoms. The molecule has 0 aliphatic carbocycles. The number of nitrogens with zero attached hydrogens (tertiary/aromatic N) is 2. The summed E-state index contributed by atoms with van der Waals surface area (Å²) < 4.78 is 0. The van der Waals surface area contributed by atoms with Crippen molar-refractivity contribution in [1.29, 1.82) is 0 Å². The minimum atomic E-state index is 1.17. The number of aryl methyl sites for hydroxylation is 2. The van der Waals surface area contributed by atoms with Crippen LogP contribution in [0.4, 0.5) is 0 Å². The predicted molar refractivity (Wildman–Crippen MR) is 73.3 cm³/mol. The Morgan fingerprint density at radius 3 is 1.62 bits per heavy atom. The molecule has 0 saturated carbocycles. The van der Waals surface area contributed by atoms with Crippen LogP contribution in [-0.2, 0) is 0 Å². The summed E-state index contributed by atoms with van der Waals surface area (Å²) >= 11 is 3.36. The van der Waals surface area contributed by atoms with Gasteiger partial charge < -0.3 is 0 Å². The molecule has 0 radical (unpaired) electrons. The fraction of sp³-hybridized carbons (Fsp3) is 0.167. The molecule has 0 aliphatic rings. The van der Waals surface area contributed by atoms with E-state index in [1.807, 2.05) is 0 Å². The lowest BCUT2D eigenvalue weighted by Crippen LogP contribution is -1.79. The summed E-state index contributed by atoms with van der Waals surface area (Å²) in [5.74, 6) is 0. The molecule has 2 rings (SSSR count). The summed E-state index contributed by atoms with van der Waals surface area (Å²) in [7, 11) is 0. The van der Waals surface area contributed by atoms with Gasteiger partial charge in [-0.2, -0.15) is 10.2 Å². The van der Waals surface area contributed by atoms with Gasteiger partial charge in [-0.15, -0.1) is 22.7 Å². The van der Waals surface area contributed by atoms with Gasteiger partial charge in [0.05, 0.1) is 22.2 Å². The van der Waals surface area contributed by atoms with Gasteiger partial charge in [0.2, 0.25) is 0 Å². The van der Waals surface area contributed by atoms with E-state index in [9.17, 15) is 0 Å². The van der Waals surface area contributed by atoms with Gasteiger partial charge in [-0.25, -0.2) is 0 Å².